The maximum absolute atomic E-state index is 11.8. The number of aliphatic imine (C=N–C) groups is 1. The van der Waals surface area contributed by atoms with Gasteiger partial charge in [-0.15, -0.1) is 24.0 Å². The van der Waals surface area contributed by atoms with Crippen molar-refractivity contribution in [3.63, 3.8) is 0 Å². The Balaban J connectivity index is 0.00000338. The van der Waals surface area contributed by atoms with Crippen molar-refractivity contribution in [2.45, 2.75) is 70.8 Å². The first-order chi connectivity index (χ1) is 12.3. The molecule has 1 aliphatic heterocycles. The predicted molar refractivity (Wildman–Crippen MR) is 117 cm³/mol. The zero-order chi connectivity index (χ0) is 17.7. The van der Waals surface area contributed by atoms with Gasteiger partial charge in [0.25, 0.3) is 0 Å². The lowest BCUT2D eigenvalue weighted by Crippen LogP contribution is -2.42. The summed E-state index contributed by atoms with van der Waals surface area (Å²) >= 11 is 0. The molecule has 0 unspecified atom stereocenters. The number of likely N-dealkylation sites (tertiary alicyclic amines) is 1. The van der Waals surface area contributed by atoms with Crippen LogP contribution >= 0.6 is 24.0 Å². The summed E-state index contributed by atoms with van der Waals surface area (Å²) < 4.78 is 5.47. The Morgan fingerprint density at radius 1 is 1.12 bits per heavy atom. The van der Waals surface area contributed by atoms with Crippen molar-refractivity contribution < 1.29 is 9.53 Å². The van der Waals surface area contributed by atoms with Crippen molar-refractivity contribution in [2.75, 3.05) is 39.3 Å². The molecule has 0 aromatic rings. The number of halogens is 1. The van der Waals surface area contributed by atoms with E-state index in [9.17, 15) is 4.79 Å². The van der Waals surface area contributed by atoms with E-state index in [2.05, 4.69) is 27.4 Å². The van der Waals surface area contributed by atoms with Crippen LogP contribution in [-0.2, 0) is 9.53 Å². The van der Waals surface area contributed by atoms with Crippen LogP contribution in [0.25, 0.3) is 0 Å². The molecule has 0 radical (unpaired) electrons. The fourth-order valence-electron chi connectivity index (χ4n) is 3.52. The van der Waals surface area contributed by atoms with Crippen LogP contribution in [0.2, 0.25) is 0 Å². The van der Waals surface area contributed by atoms with Crippen LogP contribution in [-0.4, -0.2) is 62.2 Å². The predicted octanol–water partition coefficient (Wildman–Crippen LogP) is 2.91. The summed E-state index contributed by atoms with van der Waals surface area (Å²) in [7, 11) is 0. The Kier molecular flexibility index (Phi) is 13.1. The molecule has 2 fully saturated rings. The summed E-state index contributed by atoms with van der Waals surface area (Å²) in [6.45, 7) is 7.99. The first-order valence-corrected chi connectivity index (χ1v) is 10.2. The van der Waals surface area contributed by atoms with Crippen LogP contribution < -0.4 is 10.6 Å². The number of ether oxygens (including phenoxy) is 1. The van der Waals surface area contributed by atoms with Gasteiger partial charge in [-0.2, -0.15) is 0 Å². The van der Waals surface area contributed by atoms with Gasteiger partial charge < -0.3 is 20.3 Å². The average Bonchev–Trinajstić information content (AvgIpc) is 3.12. The molecule has 7 heteroatoms. The molecule has 1 aliphatic carbocycles. The Morgan fingerprint density at radius 3 is 2.54 bits per heavy atom. The smallest absolute Gasteiger partial charge is 0.306 e. The third-order valence-electron chi connectivity index (χ3n) is 4.92. The molecular weight excluding hydrogens is 443 g/mol. The number of nitrogens with one attached hydrogen (secondary N) is 2. The van der Waals surface area contributed by atoms with Gasteiger partial charge in [-0.25, -0.2) is 0 Å². The van der Waals surface area contributed by atoms with Gasteiger partial charge >= 0.3 is 5.97 Å². The van der Waals surface area contributed by atoms with Gasteiger partial charge in [-0.05, 0) is 65.0 Å². The number of rotatable bonds is 9. The third-order valence-corrected chi connectivity index (χ3v) is 4.92. The average molecular weight is 480 g/mol. The number of hydrogen-bond acceptors (Lipinski definition) is 4. The van der Waals surface area contributed by atoms with E-state index in [0.717, 1.165) is 44.9 Å². The van der Waals surface area contributed by atoms with E-state index in [1.54, 1.807) is 0 Å². The SMILES string of the molecule is CCNC(=NCCCC(=O)OC1CCCC1)NCCN1CCCCC1.I. The molecule has 0 bridgehead atoms. The Morgan fingerprint density at radius 2 is 1.85 bits per heavy atom. The van der Waals surface area contributed by atoms with E-state index >= 15 is 0 Å². The molecule has 1 saturated carbocycles. The Hall–Kier alpha value is -0.570. The summed E-state index contributed by atoms with van der Waals surface area (Å²) in [4.78, 5) is 18.9. The highest BCUT2D eigenvalue weighted by Gasteiger charge is 2.18. The van der Waals surface area contributed by atoms with E-state index < -0.39 is 0 Å². The highest BCUT2D eigenvalue weighted by molar-refractivity contribution is 14.0. The van der Waals surface area contributed by atoms with Gasteiger partial charge in [0.05, 0.1) is 0 Å². The van der Waals surface area contributed by atoms with Crippen LogP contribution in [0.1, 0.15) is 64.7 Å². The van der Waals surface area contributed by atoms with E-state index in [1.807, 2.05) is 0 Å². The van der Waals surface area contributed by atoms with Crippen molar-refractivity contribution in [3.05, 3.63) is 0 Å². The number of esters is 1. The topological polar surface area (TPSA) is 66.0 Å². The zero-order valence-electron chi connectivity index (χ0n) is 16.3. The molecule has 0 atom stereocenters. The van der Waals surface area contributed by atoms with Crippen molar-refractivity contribution in [3.8, 4) is 0 Å². The normalized spacial score (nSPS) is 19.0. The molecule has 0 aromatic carbocycles. The van der Waals surface area contributed by atoms with Gasteiger partial charge in [0.1, 0.15) is 6.10 Å². The number of guanidine groups is 1. The summed E-state index contributed by atoms with van der Waals surface area (Å²) in [6.07, 6.45) is 9.86. The molecular formula is C19H37IN4O2. The van der Waals surface area contributed by atoms with Gasteiger partial charge in [-0.3, -0.25) is 9.79 Å². The Bertz CT molecular complexity index is 408. The van der Waals surface area contributed by atoms with Crippen LogP contribution in [0.15, 0.2) is 4.99 Å². The van der Waals surface area contributed by atoms with Crippen LogP contribution in [0.5, 0.6) is 0 Å². The van der Waals surface area contributed by atoms with Crippen molar-refractivity contribution in [1.29, 1.82) is 0 Å². The van der Waals surface area contributed by atoms with E-state index in [-0.39, 0.29) is 36.0 Å². The maximum atomic E-state index is 11.8. The first-order valence-electron chi connectivity index (χ1n) is 10.2. The van der Waals surface area contributed by atoms with Gasteiger partial charge in [0, 0.05) is 32.6 Å². The second-order valence-electron chi connectivity index (χ2n) is 7.09. The highest BCUT2D eigenvalue weighted by Crippen LogP contribution is 2.21. The third kappa shape index (κ3) is 9.94. The van der Waals surface area contributed by atoms with Gasteiger partial charge in [0.2, 0.25) is 0 Å². The number of carbonyl (C=O) groups excluding carboxylic acids is 1. The van der Waals surface area contributed by atoms with Gasteiger partial charge in [0.15, 0.2) is 5.96 Å². The monoisotopic (exact) mass is 480 g/mol. The van der Waals surface area contributed by atoms with Crippen LogP contribution in [0.3, 0.4) is 0 Å². The molecule has 2 aliphatic rings. The fourth-order valence-corrected chi connectivity index (χ4v) is 3.52. The lowest BCUT2D eigenvalue weighted by molar-refractivity contribution is -0.148. The lowest BCUT2D eigenvalue weighted by atomic mass is 10.1. The molecule has 6 nitrogen and oxygen atoms in total. The van der Waals surface area contributed by atoms with Gasteiger partial charge in [-0.1, -0.05) is 6.42 Å². The quantitative estimate of drug-likeness (QED) is 0.175. The number of nitrogens with zero attached hydrogens (tertiary/aromatic N) is 2. The Labute approximate surface area is 175 Å². The number of hydrogen-bond donors (Lipinski definition) is 2. The van der Waals surface area contributed by atoms with Crippen LogP contribution in [0, 0.1) is 0 Å². The second-order valence-corrected chi connectivity index (χ2v) is 7.09. The summed E-state index contributed by atoms with van der Waals surface area (Å²) in [5.74, 6) is 0.786. The molecule has 2 N–H and O–H groups in total. The molecule has 1 saturated heterocycles. The van der Waals surface area contributed by atoms with E-state index in [4.69, 9.17) is 4.74 Å². The minimum atomic E-state index is -0.0647. The van der Waals surface area contributed by atoms with Crippen molar-refractivity contribution in [2.24, 2.45) is 4.99 Å². The zero-order valence-corrected chi connectivity index (χ0v) is 18.6. The molecule has 26 heavy (non-hydrogen) atoms. The van der Waals surface area contributed by atoms with E-state index in [1.165, 1.54) is 45.2 Å². The lowest BCUT2D eigenvalue weighted by Gasteiger charge is -2.26. The van der Waals surface area contributed by atoms with E-state index in [0.29, 0.717) is 13.0 Å². The minimum Gasteiger partial charge on any atom is -0.462 e. The summed E-state index contributed by atoms with van der Waals surface area (Å²) in [5, 5.41) is 6.67. The summed E-state index contributed by atoms with van der Waals surface area (Å²) in [6, 6.07) is 0. The fraction of sp³-hybridized carbons (Fsp3) is 0.895. The highest BCUT2D eigenvalue weighted by atomic mass is 127. The molecule has 0 spiro atoms. The van der Waals surface area contributed by atoms with Crippen molar-refractivity contribution in [1.82, 2.24) is 15.5 Å². The first kappa shape index (κ1) is 23.5. The molecule has 2 rings (SSSR count). The largest absolute Gasteiger partial charge is 0.462 e. The minimum absolute atomic E-state index is 0. The maximum Gasteiger partial charge on any atom is 0.306 e. The summed E-state index contributed by atoms with van der Waals surface area (Å²) in [5.41, 5.74) is 0. The molecule has 152 valence electrons. The number of piperidine rings is 1. The number of carbonyl (C=O) groups is 1. The molecule has 1 heterocycles. The van der Waals surface area contributed by atoms with Crippen molar-refractivity contribution >= 4 is 35.9 Å². The second kappa shape index (κ2) is 14.5. The molecule has 0 aromatic heterocycles. The van der Waals surface area contributed by atoms with Crippen LogP contribution in [0.4, 0.5) is 0 Å². The molecule has 0 amide bonds. The standard InChI is InChI=1S/C19H36N4O2.HI/c1-2-20-19(22-13-16-23-14-6-3-7-15-23)21-12-8-11-18(24)25-17-9-4-5-10-17;/h17H,2-16H2,1H3,(H2,20,21,22);1H.